The number of para-hydroxylation sites is 1. The van der Waals surface area contributed by atoms with Crippen molar-refractivity contribution in [3.63, 3.8) is 0 Å². The van der Waals surface area contributed by atoms with Crippen LogP contribution in [-0.2, 0) is 4.79 Å². The molecule has 0 atom stereocenters. The van der Waals surface area contributed by atoms with Gasteiger partial charge in [0.1, 0.15) is 24.0 Å². The van der Waals surface area contributed by atoms with Crippen LogP contribution < -0.4 is 14.2 Å². The van der Waals surface area contributed by atoms with Gasteiger partial charge in [0.05, 0.1) is 22.7 Å². The zero-order chi connectivity index (χ0) is 24.2. The molecule has 176 valence electrons. The minimum atomic E-state index is -0.511. The molecule has 2 aliphatic rings. The van der Waals surface area contributed by atoms with Gasteiger partial charge >= 0.3 is 0 Å². The number of carbonyl (C=O) groups excluding carboxylic acids is 1. The molecule has 0 radical (unpaired) electrons. The fourth-order valence-corrected chi connectivity index (χ4v) is 4.45. The van der Waals surface area contributed by atoms with Crippen LogP contribution in [0.1, 0.15) is 18.9 Å². The van der Waals surface area contributed by atoms with E-state index in [1.807, 2.05) is 19.1 Å². The predicted molar refractivity (Wildman–Crippen MR) is 136 cm³/mol. The Balaban J connectivity index is 1.50. The van der Waals surface area contributed by atoms with Crippen molar-refractivity contribution in [2.24, 2.45) is 10.1 Å². The van der Waals surface area contributed by atoms with Gasteiger partial charge in [0, 0.05) is 0 Å². The molecule has 0 spiro atoms. The number of aliphatic imine (C=N–C) groups is 1. The van der Waals surface area contributed by atoms with E-state index in [9.17, 15) is 4.79 Å². The van der Waals surface area contributed by atoms with Crippen molar-refractivity contribution >= 4 is 63.0 Å². The fraction of sp³-hybridized carbons (Fsp3) is 0.217. The molecule has 0 saturated carbocycles. The van der Waals surface area contributed by atoms with Gasteiger partial charge in [0.25, 0.3) is 5.91 Å². The SMILES string of the molecule is CCC1=NN2C(=N)/C(=C/c3cc(Cl)c(OCCOc4ccccc4Cl)c(OC)c3)C(=O)N=C2S1. The van der Waals surface area contributed by atoms with Gasteiger partial charge in [0.2, 0.25) is 5.17 Å². The number of nitrogens with zero attached hydrogens (tertiary/aromatic N) is 3. The van der Waals surface area contributed by atoms with Crippen LogP contribution >= 0.6 is 35.0 Å². The molecule has 0 aromatic heterocycles. The largest absolute Gasteiger partial charge is 0.493 e. The molecule has 0 aliphatic carbocycles. The molecule has 0 unspecified atom stereocenters. The second-order valence-electron chi connectivity index (χ2n) is 7.03. The Morgan fingerprint density at radius 3 is 2.62 bits per heavy atom. The van der Waals surface area contributed by atoms with Gasteiger partial charge in [0.15, 0.2) is 17.3 Å². The lowest BCUT2D eigenvalue weighted by Crippen LogP contribution is -2.35. The second kappa shape index (κ2) is 10.5. The van der Waals surface area contributed by atoms with Crippen LogP contribution in [0.2, 0.25) is 10.0 Å². The number of fused-ring (bicyclic) bond motifs is 1. The molecule has 1 amide bonds. The molecule has 2 heterocycles. The molecule has 1 N–H and O–H groups in total. The van der Waals surface area contributed by atoms with E-state index in [1.54, 1.807) is 24.3 Å². The van der Waals surface area contributed by atoms with E-state index in [-0.39, 0.29) is 29.6 Å². The first kappa shape index (κ1) is 24.1. The van der Waals surface area contributed by atoms with Gasteiger partial charge in [-0.3, -0.25) is 10.2 Å². The average Bonchev–Trinajstić information content (AvgIpc) is 3.24. The maximum absolute atomic E-state index is 12.6. The number of hydrazone groups is 1. The molecule has 2 aromatic rings. The lowest BCUT2D eigenvalue weighted by molar-refractivity contribution is -0.114. The smallest absolute Gasteiger partial charge is 0.283 e. The number of benzene rings is 2. The van der Waals surface area contributed by atoms with Crippen molar-refractivity contribution in [1.82, 2.24) is 5.01 Å². The van der Waals surface area contributed by atoms with E-state index in [4.69, 9.17) is 42.8 Å². The highest BCUT2D eigenvalue weighted by molar-refractivity contribution is 8.26. The van der Waals surface area contributed by atoms with Gasteiger partial charge in [-0.05, 0) is 54.1 Å². The highest BCUT2D eigenvalue weighted by atomic mass is 35.5. The molecule has 4 rings (SSSR count). The van der Waals surface area contributed by atoms with Gasteiger partial charge in [-0.1, -0.05) is 42.3 Å². The minimum Gasteiger partial charge on any atom is -0.493 e. The van der Waals surface area contributed by atoms with E-state index in [2.05, 4.69) is 10.1 Å². The molecule has 0 fully saturated rings. The molecule has 34 heavy (non-hydrogen) atoms. The van der Waals surface area contributed by atoms with E-state index in [1.165, 1.54) is 30.0 Å². The van der Waals surface area contributed by atoms with Crippen LogP contribution in [0.4, 0.5) is 0 Å². The van der Waals surface area contributed by atoms with Gasteiger partial charge in [-0.25, -0.2) is 0 Å². The number of carbonyl (C=O) groups is 1. The van der Waals surface area contributed by atoms with Crippen LogP contribution in [0, 0.1) is 5.41 Å². The molecule has 0 bridgehead atoms. The summed E-state index contributed by atoms with van der Waals surface area (Å²) in [6.07, 6.45) is 2.23. The van der Waals surface area contributed by atoms with Crippen LogP contribution in [0.3, 0.4) is 0 Å². The minimum absolute atomic E-state index is 0.0434. The summed E-state index contributed by atoms with van der Waals surface area (Å²) in [7, 11) is 1.49. The third-order valence-corrected chi connectivity index (χ3v) is 6.43. The van der Waals surface area contributed by atoms with Gasteiger partial charge in [-0.15, -0.1) is 0 Å². The average molecular weight is 519 g/mol. The Morgan fingerprint density at radius 2 is 1.88 bits per heavy atom. The van der Waals surface area contributed by atoms with E-state index in [0.29, 0.717) is 39.4 Å². The van der Waals surface area contributed by atoms with Crippen molar-refractivity contribution in [1.29, 1.82) is 5.41 Å². The normalized spacial score (nSPS) is 16.4. The Labute approximate surface area is 210 Å². The van der Waals surface area contributed by atoms with Crippen molar-refractivity contribution in [2.45, 2.75) is 13.3 Å². The third-order valence-electron chi connectivity index (χ3n) is 4.79. The summed E-state index contributed by atoms with van der Waals surface area (Å²) in [5, 5.41) is 16.1. The molecule has 0 saturated heterocycles. The van der Waals surface area contributed by atoms with Crippen molar-refractivity contribution in [2.75, 3.05) is 20.3 Å². The number of thioether (sulfide) groups is 1. The lowest BCUT2D eigenvalue weighted by atomic mass is 10.1. The Bertz CT molecular complexity index is 1250. The first-order chi connectivity index (χ1) is 16.4. The van der Waals surface area contributed by atoms with Crippen molar-refractivity contribution < 1.29 is 19.0 Å². The quantitative estimate of drug-likeness (QED) is 0.366. The zero-order valence-corrected chi connectivity index (χ0v) is 20.6. The Kier molecular flexibility index (Phi) is 7.45. The van der Waals surface area contributed by atoms with Crippen LogP contribution in [0.25, 0.3) is 6.08 Å². The summed E-state index contributed by atoms with van der Waals surface area (Å²) >= 11 is 13.8. The monoisotopic (exact) mass is 518 g/mol. The summed E-state index contributed by atoms with van der Waals surface area (Å²) in [6.45, 7) is 2.40. The summed E-state index contributed by atoms with van der Waals surface area (Å²) in [5.74, 6) is 0.721. The number of hydrogen-bond donors (Lipinski definition) is 1. The maximum Gasteiger partial charge on any atom is 0.283 e. The van der Waals surface area contributed by atoms with Crippen molar-refractivity contribution in [3.8, 4) is 17.2 Å². The topological polar surface area (TPSA) is 96.6 Å². The molecule has 2 aromatic carbocycles. The number of methoxy groups -OCH3 is 1. The van der Waals surface area contributed by atoms with Crippen molar-refractivity contribution in [3.05, 3.63) is 57.6 Å². The Morgan fingerprint density at radius 1 is 1.12 bits per heavy atom. The first-order valence-electron chi connectivity index (χ1n) is 10.3. The first-order valence-corrected chi connectivity index (χ1v) is 11.8. The second-order valence-corrected chi connectivity index (χ2v) is 8.88. The maximum atomic E-state index is 12.6. The van der Waals surface area contributed by atoms with Crippen LogP contribution in [0.5, 0.6) is 17.2 Å². The summed E-state index contributed by atoms with van der Waals surface area (Å²) in [6, 6.07) is 10.5. The number of nitrogens with one attached hydrogen (secondary N) is 1. The van der Waals surface area contributed by atoms with Gasteiger partial charge < -0.3 is 14.2 Å². The molecule has 8 nitrogen and oxygen atoms in total. The fourth-order valence-electron chi connectivity index (χ4n) is 3.16. The molecule has 2 aliphatic heterocycles. The highest BCUT2D eigenvalue weighted by Gasteiger charge is 2.35. The van der Waals surface area contributed by atoms with E-state index >= 15 is 0 Å². The summed E-state index contributed by atoms with van der Waals surface area (Å²) in [4.78, 5) is 16.6. The van der Waals surface area contributed by atoms with Crippen LogP contribution in [-0.4, -0.2) is 47.3 Å². The molecular weight excluding hydrogens is 499 g/mol. The van der Waals surface area contributed by atoms with Crippen LogP contribution in [0.15, 0.2) is 52.1 Å². The lowest BCUT2D eigenvalue weighted by Gasteiger charge is -2.20. The summed E-state index contributed by atoms with van der Waals surface area (Å²) in [5.41, 5.74) is 0.658. The third kappa shape index (κ3) is 5.06. The summed E-state index contributed by atoms with van der Waals surface area (Å²) < 4.78 is 16.9. The van der Waals surface area contributed by atoms with E-state index < -0.39 is 5.91 Å². The molecular formula is C23H20Cl2N4O4S. The number of hydrogen-bond acceptors (Lipinski definition) is 7. The number of amidine groups is 2. The Hall–Kier alpha value is -3.01. The number of amides is 1. The number of ether oxygens (including phenoxy) is 3. The standard InChI is InChI=1S/C23H20Cl2N4O4S/c1-3-19-28-29-21(26)14(22(30)27-23(29)34-19)10-13-11-16(25)20(18(12-13)31-2)33-9-8-32-17-7-5-4-6-15(17)24/h4-7,10-12,26H,3,8-9H2,1-2H3/b14-10-,26-21?. The highest BCUT2D eigenvalue weighted by Crippen LogP contribution is 2.38. The molecule has 11 heteroatoms. The number of rotatable bonds is 8. The van der Waals surface area contributed by atoms with E-state index in [0.717, 1.165) is 5.04 Å². The predicted octanol–water partition coefficient (Wildman–Crippen LogP) is 5.49. The van der Waals surface area contributed by atoms with Gasteiger partial charge in [-0.2, -0.15) is 15.1 Å². The zero-order valence-electron chi connectivity index (χ0n) is 18.3. The number of halogens is 2.